The molecule has 0 aliphatic carbocycles. The Morgan fingerprint density at radius 2 is 2.00 bits per heavy atom. The van der Waals surface area contributed by atoms with Gasteiger partial charge in [0.05, 0.1) is 6.61 Å². The number of hydrogen-bond donors (Lipinski definition) is 1. The fourth-order valence-electron chi connectivity index (χ4n) is 1.96. The maximum atomic E-state index is 10.5. The quantitative estimate of drug-likeness (QED) is 0.845. The number of aliphatic hydroxyl groups is 1. The van der Waals surface area contributed by atoms with Gasteiger partial charge >= 0.3 is 0 Å². The lowest BCUT2D eigenvalue weighted by molar-refractivity contribution is 0.0317. The van der Waals surface area contributed by atoms with Crippen LogP contribution in [0.2, 0.25) is 0 Å². The minimum Gasteiger partial charge on any atom is -0.495 e. The number of rotatable bonds is 3. The van der Waals surface area contributed by atoms with Gasteiger partial charge in [0.2, 0.25) is 0 Å². The summed E-state index contributed by atoms with van der Waals surface area (Å²) >= 11 is 0. The van der Waals surface area contributed by atoms with Crippen molar-refractivity contribution in [2.75, 3.05) is 6.61 Å². The van der Waals surface area contributed by atoms with E-state index in [1.54, 1.807) is 6.92 Å². The van der Waals surface area contributed by atoms with Gasteiger partial charge in [-0.05, 0) is 30.5 Å². The Hall–Kier alpha value is -1.28. The van der Waals surface area contributed by atoms with Gasteiger partial charge in [-0.1, -0.05) is 31.2 Å². The summed E-state index contributed by atoms with van der Waals surface area (Å²) < 4.78 is 5.44. The van der Waals surface area contributed by atoms with Crippen LogP contribution in [0.25, 0.3) is 0 Å². The highest BCUT2D eigenvalue weighted by molar-refractivity contribution is 5.32. The van der Waals surface area contributed by atoms with Gasteiger partial charge in [0.15, 0.2) is 0 Å². The van der Waals surface area contributed by atoms with Crippen LogP contribution in [-0.2, 0) is 16.8 Å². The molecule has 2 rings (SSSR count). The molecule has 1 N–H and O–H groups in total. The second kappa shape index (κ2) is 4.30. The third-order valence-electron chi connectivity index (χ3n) is 3.11. The van der Waals surface area contributed by atoms with Crippen molar-refractivity contribution in [2.45, 2.75) is 32.3 Å². The Morgan fingerprint density at radius 3 is 2.50 bits per heavy atom. The summed E-state index contributed by atoms with van der Waals surface area (Å²) in [4.78, 5) is 0. The van der Waals surface area contributed by atoms with E-state index in [2.05, 4.69) is 19.1 Å². The Bertz CT molecular complexity index is 388. The first-order valence-corrected chi connectivity index (χ1v) is 5.80. The van der Waals surface area contributed by atoms with E-state index in [1.165, 1.54) is 5.56 Å². The Labute approximate surface area is 96.6 Å². The maximum Gasteiger partial charge on any atom is 0.143 e. The molecule has 1 heterocycles. The summed E-state index contributed by atoms with van der Waals surface area (Å²) in [5.74, 6) is 0.678. The van der Waals surface area contributed by atoms with Crippen molar-refractivity contribution < 1.29 is 9.84 Å². The smallest absolute Gasteiger partial charge is 0.143 e. The van der Waals surface area contributed by atoms with Crippen molar-refractivity contribution in [1.82, 2.24) is 0 Å². The predicted octanol–water partition coefficient (Wildman–Crippen LogP) is 2.76. The topological polar surface area (TPSA) is 29.5 Å². The van der Waals surface area contributed by atoms with E-state index in [4.69, 9.17) is 4.74 Å². The van der Waals surface area contributed by atoms with Crippen LogP contribution in [0.15, 0.2) is 36.1 Å². The van der Waals surface area contributed by atoms with Crippen molar-refractivity contribution >= 4 is 0 Å². The molecule has 1 aliphatic rings. The van der Waals surface area contributed by atoms with Crippen LogP contribution in [0.1, 0.15) is 31.4 Å². The highest BCUT2D eigenvalue weighted by Crippen LogP contribution is 2.32. The predicted molar refractivity (Wildman–Crippen MR) is 64.0 cm³/mol. The summed E-state index contributed by atoms with van der Waals surface area (Å²) in [6.07, 6.45) is 3.87. The molecular weight excluding hydrogens is 200 g/mol. The second-order valence-corrected chi connectivity index (χ2v) is 4.33. The summed E-state index contributed by atoms with van der Waals surface area (Å²) in [5.41, 5.74) is 1.17. The van der Waals surface area contributed by atoms with E-state index in [0.29, 0.717) is 12.4 Å². The van der Waals surface area contributed by atoms with E-state index < -0.39 is 5.60 Å². The molecule has 0 fully saturated rings. The van der Waals surface area contributed by atoms with Gasteiger partial charge in [-0.15, -0.1) is 0 Å². The van der Waals surface area contributed by atoms with Crippen LogP contribution in [0, 0.1) is 0 Å². The average molecular weight is 218 g/mol. The maximum absolute atomic E-state index is 10.5. The lowest BCUT2D eigenvalue weighted by Crippen LogP contribution is -2.24. The molecule has 16 heavy (non-hydrogen) atoms. The van der Waals surface area contributed by atoms with Crippen LogP contribution in [0.5, 0.6) is 0 Å². The van der Waals surface area contributed by atoms with Gasteiger partial charge in [-0.2, -0.15) is 0 Å². The minimum atomic E-state index is -0.997. The van der Waals surface area contributed by atoms with Crippen LogP contribution in [-0.4, -0.2) is 11.7 Å². The monoisotopic (exact) mass is 218 g/mol. The first-order chi connectivity index (χ1) is 7.64. The largest absolute Gasteiger partial charge is 0.495 e. The molecule has 0 saturated heterocycles. The van der Waals surface area contributed by atoms with E-state index in [0.717, 1.165) is 18.4 Å². The van der Waals surface area contributed by atoms with Gasteiger partial charge < -0.3 is 9.84 Å². The number of aryl methyl sites for hydroxylation is 1. The fraction of sp³-hybridized carbons (Fsp3) is 0.429. The lowest BCUT2D eigenvalue weighted by atomic mass is 9.92. The number of benzene rings is 1. The zero-order chi connectivity index (χ0) is 11.6. The van der Waals surface area contributed by atoms with Gasteiger partial charge in [-0.25, -0.2) is 0 Å². The van der Waals surface area contributed by atoms with Crippen molar-refractivity contribution in [2.24, 2.45) is 0 Å². The first kappa shape index (κ1) is 11.2. The molecule has 86 valence electrons. The molecular formula is C14H18O2. The van der Waals surface area contributed by atoms with Crippen LogP contribution < -0.4 is 0 Å². The highest BCUT2D eigenvalue weighted by Gasteiger charge is 2.31. The van der Waals surface area contributed by atoms with E-state index in [9.17, 15) is 5.11 Å². The average Bonchev–Trinajstić information content (AvgIpc) is 2.83. The molecule has 1 aromatic carbocycles. The molecule has 0 amide bonds. The molecule has 0 spiro atoms. The van der Waals surface area contributed by atoms with Crippen molar-refractivity contribution in [3.63, 3.8) is 0 Å². The standard InChI is InChI=1S/C14H18O2/c1-3-11-6-8-12(9-7-11)14(2,15)13-5-4-10-16-13/h5-9,15H,3-4,10H2,1-2H3. The molecule has 1 atom stereocenters. The third kappa shape index (κ3) is 1.98. The molecule has 2 nitrogen and oxygen atoms in total. The summed E-state index contributed by atoms with van der Waals surface area (Å²) in [6.45, 7) is 4.58. The Kier molecular flexibility index (Phi) is 3.01. The summed E-state index contributed by atoms with van der Waals surface area (Å²) in [5, 5.41) is 10.5. The molecule has 0 saturated carbocycles. The van der Waals surface area contributed by atoms with Crippen LogP contribution in [0.3, 0.4) is 0 Å². The molecule has 1 aromatic rings. The zero-order valence-electron chi connectivity index (χ0n) is 9.86. The molecule has 0 bridgehead atoms. The van der Waals surface area contributed by atoms with E-state index >= 15 is 0 Å². The lowest BCUT2D eigenvalue weighted by Gasteiger charge is -2.25. The molecule has 1 unspecified atom stereocenters. The molecule has 1 aliphatic heterocycles. The van der Waals surface area contributed by atoms with Gasteiger partial charge in [0.25, 0.3) is 0 Å². The van der Waals surface area contributed by atoms with Gasteiger partial charge in [0.1, 0.15) is 11.4 Å². The van der Waals surface area contributed by atoms with Gasteiger partial charge in [0, 0.05) is 6.42 Å². The van der Waals surface area contributed by atoms with Crippen molar-refractivity contribution in [3.8, 4) is 0 Å². The zero-order valence-corrected chi connectivity index (χ0v) is 9.86. The SMILES string of the molecule is CCc1ccc(C(C)(O)C2=CCCO2)cc1. The van der Waals surface area contributed by atoms with Crippen LogP contribution >= 0.6 is 0 Å². The molecule has 2 heteroatoms. The van der Waals surface area contributed by atoms with Crippen molar-refractivity contribution in [1.29, 1.82) is 0 Å². The molecule has 0 aromatic heterocycles. The molecule has 0 radical (unpaired) electrons. The fourth-order valence-corrected chi connectivity index (χ4v) is 1.96. The number of ether oxygens (including phenoxy) is 1. The third-order valence-corrected chi connectivity index (χ3v) is 3.11. The summed E-state index contributed by atoms with van der Waals surface area (Å²) in [6, 6.07) is 8.06. The normalized spacial score (nSPS) is 18.8. The van der Waals surface area contributed by atoms with Gasteiger partial charge in [-0.3, -0.25) is 0 Å². The van der Waals surface area contributed by atoms with Crippen LogP contribution in [0.4, 0.5) is 0 Å². The Morgan fingerprint density at radius 1 is 1.31 bits per heavy atom. The first-order valence-electron chi connectivity index (χ1n) is 5.80. The van der Waals surface area contributed by atoms with Crippen molar-refractivity contribution in [3.05, 3.63) is 47.2 Å². The highest BCUT2D eigenvalue weighted by atomic mass is 16.5. The van der Waals surface area contributed by atoms with E-state index in [1.807, 2.05) is 18.2 Å². The summed E-state index contributed by atoms with van der Waals surface area (Å²) in [7, 11) is 0. The minimum absolute atomic E-state index is 0.678. The van der Waals surface area contributed by atoms with E-state index in [-0.39, 0.29) is 0 Å². The Balaban J connectivity index is 2.27. The number of hydrogen-bond acceptors (Lipinski definition) is 2. The second-order valence-electron chi connectivity index (χ2n) is 4.33.